The third-order valence-electron chi connectivity index (χ3n) is 8.95. The van der Waals surface area contributed by atoms with Crippen molar-refractivity contribution in [1.82, 2.24) is 10.1 Å². The number of hydrogen-bond acceptors (Lipinski definition) is 5. The molecular formula is C38H46N2O4. The van der Waals surface area contributed by atoms with Gasteiger partial charge in [-0.05, 0) is 48.9 Å². The number of hydrogen-bond donors (Lipinski definition) is 1. The first-order chi connectivity index (χ1) is 21.5. The van der Waals surface area contributed by atoms with Crippen LogP contribution < -0.4 is 4.74 Å². The van der Waals surface area contributed by atoms with Gasteiger partial charge in [0, 0.05) is 29.3 Å². The minimum atomic E-state index is -0.730. The number of pyridine rings is 1. The number of rotatable bonds is 18. The van der Waals surface area contributed by atoms with Crippen molar-refractivity contribution in [2.45, 2.75) is 103 Å². The summed E-state index contributed by atoms with van der Waals surface area (Å²) in [7, 11) is 0. The average Bonchev–Trinajstić information content (AvgIpc) is 3.79. The molecule has 2 heterocycles. The maximum absolute atomic E-state index is 11.7. The smallest absolute Gasteiger partial charge is 0.314 e. The number of carbonyl (C=O) groups is 1. The molecular weight excluding hydrogens is 548 g/mol. The Morgan fingerprint density at radius 1 is 0.818 bits per heavy atom. The molecule has 44 heavy (non-hydrogen) atoms. The number of benzene rings is 2. The molecule has 2 aromatic heterocycles. The zero-order chi connectivity index (χ0) is 30.8. The summed E-state index contributed by atoms with van der Waals surface area (Å²) in [4.78, 5) is 16.4. The topological polar surface area (TPSA) is 85.5 Å². The summed E-state index contributed by atoms with van der Waals surface area (Å²) >= 11 is 0. The highest BCUT2D eigenvalue weighted by Crippen LogP contribution is 2.48. The van der Waals surface area contributed by atoms with E-state index in [1.165, 1.54) is 57.8 Å². The van der Waals surface area contributed by atoms with E-state index in [1.54, 1.807) is 0 Å². The van der Waals surface area contributed by atoms with Crippen molar-refractivity contribution in [2.24, 2.45) is 0 Å². The molecule has 4 aromatic rings. The van der Waals surface area contributed by atoms with Crippen molar-refractivity contribution >= 4 is 5.97 Å². The van der Waals surface area contributed by atoms with Crippen LogP contribution in [0.5, 0.6) is 5.88 Å². The van der Waals surface area contributed by atoms with Gasteiger partial charge in [-0.15, -0.1) is 0 Å². The number of carboxylic acid groups (broad SMARTS) is 1. The summed E-state index contributed by atoms with van der Waals surface area (Å²) in [5, 5.41) is 13.9. The maximum Gasteiger partial charge on any atom is 0.314 e. The van der Waals surface area contributed by atoms with Gasteiger partial charge in [-0.1, -0.05) is 124 Å². The molecule has 0 unspecified atom stereocenters. The zero-order valence-corrected chi connectivity index (χ0v) is 26.3. The van der Waals surface area contributed by atoms with Gasteiger partial charge in [0.25, 0.3) is 0 Å². The fraction of sp³-hybridized carbons (Fsp3) is 0.447. The van der Waals surface area contributed by atoms with E-state index in [1.807, 2.05) is 61.5 Å². The summed E-state index contributed by atoms with van der Waals surface area (Å²) in [5.74, 6) is 0.687. The number of nitrogens with zero attached hydrogens (tertiary/aromatic N) is 2. The molecule has 0 amide bonds. The molecule has 0 bridgehead atoms. The van der Waals surface area contributed by atoms with Crippen LogP contribution in [0.15, 0.2) is 71.3 Å². The lowest BCUT2D eigenvalue weighted by molar-refractivity contribution is -0.140. The van der Waals surface area contributed by atoms with Crippen LogP contribution in [0, 0.1) is 6.92 Å². The van der Waals surface area contributed by atoms with Gasteiger partial charge in [0.2, 0.25) is 5.88 Å². The quantitative estimate of drug-likeness (QED) is 0.115. The SMILES string of the molecule is CCCCCCCCCCCCOc1cccc(Cc2c(C)noc2-c2ccc(-c3ccc(C4(C(=O)O)CC4)cc3)cc2)n1. The predicted octanol–water partition coefficient (Wildman–Crippen LogP) is 9.72. The van der Waals surface area contributed by atoms with Crippen molar-refractivity contribution in [3.05, 3.63) is 89.2 Å². The number of aliphatic carboxylic acids is 1. The van der Waals surface area contributed by atoms with E-state index in [0.717, 1.165) is 51.4 Å². The van der Waals surface area contributed by atoms with Crippen LogP contribution in [-0.2, 0) is 16.6 Å². The van der Waals surface area contributed by atoms with E-state index in [4.69, 9.17) is 14.2 Å². The monoisotopic (exact) mass is 594 g/mol. The minimum absolute atomic E-state index is 0.606. The normalized spacial score (nSPS) is 13.6. The molecule has 6 heteroatoms. The minimum Gasteiger partial charge on any atom is -0.481 e. The summed E-state index contributed by atoms with van der Waals surface area (Å²) in [6.07, 6.45) is 15.1. The first-order valence-electron chi connectivity index (χ1n) is 16.5. The van der Waals surface area contributed by atoms with Crippen LogP contribution in [0.4, 0.5) is 0 Å². The molecule has 1 fully saturated rings. The van der Waals surface area contributed by atoms with E-state index in [0.29, 0.717) is 31.7 Å². The summed E-state index contributed by atoms with van der Waals surface area (Å²) in [6, 6.07) is 22.1. The molecule has 1 N–H and O–H groups in total. The number of aryl methyl sites for hydroxylation is 1. The summed E-state index contributed by atoms with van der Waals surface area (Å²) in [6.45, 7) is 4.93. The number of ether oxygens (including phenoxy) is 1. The van der Waals surface area contributed by atoms with Gasteiger partial charge in [0.15, 0.2) is 5.76 Å². The summed E-state index contributed by atoms with van der Waals surface area (Å²) in [5.41, 5.74) is 6.06. The molecule has 1 aliphatic carbocycles. The van der Waals surface area contributed by atoms with Gasteiger partial charge in [0.1, 0.15) is 0 Å². The van der Waals surface area contributed by atoms with Crippen molar-refractivity contribution in [3.8, 4) is 28.3 Å². The van der Waals surface area contributed by atoms with E-state index in [-0.39, 0.29) is 0 Å². The summed E-state index contributed by atoms with van der Waals surface area (Å²) < 4.78 is 11.8. The Hall–Kier alpha value is -3.93. The standard InChI is InChI=1S/C38H46N2O4/c1-3-4-5-6-7-8-9-10-11-12-26-43-35-15-13-14-33(39-35)27-34-28(2)40-44-36(34)31-18-16-29(17-19-31)30-20-22-32(23-21-30)38(24-25-38)37(41)42/h13-23H,3-12,24-27H2,1-2H3,(H,41,42). The van der Waals surface area contributed by atoms with Crippen LogP contribution >= 0.6 is 0 Å². The number of unbranched alkanes of at least 4 members (excludes halogenated alkanes) is 9. The Kier molecular flexibility index (Phi) is 10.9. The van der Waals surface area contributed by atoms with E-state index >= 15 is 0 Å². The molecule has 0 saturated heterocycles. The Morgan fingerprint density at radius 3 is 2.02 bits per heavy atom. The second kappa shape index (κ2) is 15.2. The van der Waals surface area contributed by atoms with E-state index in [9.17, 15) is 9.90 Å². The Balaban J connectivity index is 1.13. The number of aromatic nitrogens is 2. The predicted molar refractivity (Wildman–Crippen MR) is 175 cm³/mol. The molecule has 232 valence electrons. The van der Waals surface area contributed by atoms with Crippen LogP contribution in [-0.4, -0.2) is 27.8 Å². The number of carboxylic acids is 1. The lowest BCUT2D eigenvalue weighted by Crippen LogP contribution is -2.19. The second-order valence-electron chi connectivity index (χ2n) is 12.3. The average molecular weight is 595 g/mol. The largest absolute Gasteiger partial charge is 0.481 e. The third kappa shape index (κ3) is 7.96. The first-order valence-corrected chi connectivity index (χ1v) is 16.5. The Labute approximate surface area is 261 Å². The molecule has 5 rings (SSSR count). The van der Waals surface area contributed by atoms with Gasteiger partial charge in [0.05, 0.1) is 17.7 Å². The molecule has 0 atom stereocenters. The highest BCUT2D eigenvalue weighted by Gasteiger charge is 2.51. The fourth-order valence-electron chi connectivity index (χ4n) is 5.95. The van der Waals surface area contributed by atoms with Gasteiger partial charge in [-0.25, -0.2) is 4.98 Å². The van der Waals surface area contributed by atoms with Crippen molar-refractivity contribution < 1.29 is 19.2 Å². The molecule has 1 aliphatic rings. The van der Waals surface area contributed by atoms with E-state index in [2.05, 4.69) is 24.2 Å². The van der Waals surface area contributed by atoms with Crippen LogP contribution in [0.1, 0.15) is 106 Å². The van der Waals surface area contributed by atoms with E-state index < -0.39 is 11.4 Å². The van der Waals surface area contributed by atoms with Gasteiger partial charge in [-0.2, -0.15) is 0 Å². The highest BCUT2D eigenvalue weighted by molar-refractivity contribution is 5.85. The molecule has 0 aliphatic heterocycles. The van der Waals surface area contributed by atoms with Gasteiger partial charge in [-0.3, -0.25) is 4.79 Å². The lowest BCUT2D eigenvalue weighted by Gasteiger charge is -2.11. The van der Waals surface area contributed by atoms with Crippen molar-refractivity contribution in [2.75, 3.05) is 6.61 Å². The van der Waals surface area contributed by atoms with Crippen LogP contribution in [0.25, 0.3) is 22.5 Å². The first kappa shape index (κ1) is 31.5. The molecule has 0 radical (unpaired) electrons. The highest BCUT2D eigenvalue weighted by atomic mass is 16.5. The second-order valence-corrected chi connectivity index (χ2v) is 12.3. The van der Waals surface area contributed by atoms with Gasteiger partial charge >= 0.3 is 5.97 Å². The van der Waals surface area contributed by atoms with Crippen LogP contribution in [0.2, 0.25) is 0 Å². The molecule has 0 spiro atoms. The van der Waals surface area contributed by atoms with Crippen molar-refractivity contribution in [3.63, 3.8) is 0 Å². The Bertz CT molecular complexity index is 1490. The molecule has 6 nitrogen and oxygen atoms in total. The van der Waals surface area contributed by atoms with Crippen molar-refractivity contribution in [1.29, 1.82) is 0 Å². The molecule has 1 saturated carbocycles. The van der Waals surface area contributed by atoms with Crippen LogP contribution in [0.3, 0.4) is 0 Å². The van der Waals surface area contributed by atoms with Gasteiger partial charge < -0.3 is 14.4 Å². The fourth-order valence-corrected chi connectivity index (χ4v) is 5.95. The third-order valence-corrected chi connectivity index (χ3v) is 8.95. The molecule has 2 aromatic carbocycles. The lowest BCUT2D eigenvalue weighted by atomic mass is 9.93. The Morgan fingerprint density at radius 2 is 1.41 bits per heavy atom. The maximum atomic E-state index is 11.7. The zero-order valence-electron chi connectivity index (χ0n) is 26.3.